The Morgan fingerprint density at radius 1 is 1.40 bits per heavy atom. The van der Waals surface area contributed by atoms with Crippen LogP contribution >= 0.6 is 27.3 Å². The molecule has 0 radical (unpaired) electrons. The van der Waals surface area contributed by atoms with E-state index < -0.39 is 5.97 Å². The summed E-state index contributed by atoms with van der Waals surface area (Å²) in [6.45, 7) is 4.22. The fraction of sp³-hybridized carbons (Fsp3) is 0.267. The minimum Gasteiger partial charge on any atom is -0.478 e. The van der Waals surface area contributed by atoms with E-state index >= 15 is 0 Å². The van der Waals surface area contributed by atoms with Crippen molar-refractivity contribution in [3.05, 3.63) is 50.1 Å². The monoisotopic (exact) mass is 353 g/mol. The van der Waals surface area contributed by atoms with Crippen molar-refractivity contribution in [3.8, 4) is 0 Å². The van der Waals surface area contributed by atoms with Gasteiger partial charge in [-0.1, -0.05) is 0 Å². The standard InChI is InChI=1S/C15H16BrNO2S/c1-9(7-12-5-3-10(2)20-12)17-14-6-4-11(15(18)19)8-13(14)16/h3-6,8-9,17H,7H2,1-2H3,(H,18,19). The highest BCUT2D eigenvalue weighted by molar-refractivity contribution is 9.10. The molecule has 0 spiro atoms. The Hall–Kier alpha value is -1.33. The summed E-state index contributed by atoms with van der Waals surface area (Å²) < 4.78 is 0.770. The molecule has 1 aromatic carbocycles. The van der Waals surface area contributed by atoms with Crippen LogP contribution < -0.4 is 5.32 Å². The molecule has 0 saturated heterocycles. The van der Waals surface area contributed by atoms with E-state index in [2.05, 4.69) is 47.2 Å². The lowest BCUT2D eigenvalue weighted by Gasteiger charge is -2.16. The van der Waals surface area contributed by atoms with Gasteiger partial charge in [0, 0.05) is 32.4 Å². The normalized spacial score (nSPS) is 12.2. The maximum atomic E-state index is 10.9. The van der Waals surface area contributed by atoms with Crippen LogP contribution in [0.3, 0.4) is 0 Å². The van der Waals surface area contributed by atoms with Gasteiger partial charge in [0.25, 0.3) is 0 Å². The Balaban J connectivity index is 2.04. The van der Waals surface area contributed by atoms with Gasteiger partial charge < -0.3 is 10.4 Å². The minimum absolute atomic E-state index is 0.278. The summed E-state index contributed by atoms with van der Waals surface area (Å²) in [6, 6.07) is 9.58. The Labute approximate surface area is 130 Å². The van der Waals surface area contributed by atoms with Crippen LogP contribution in [0.5, 0.6) is 0 Å². The summed E-state index contributed by atoms with van der Waals surface area (Å²) in [7, 11) is 0. The van der Waals surface area contributed by atoms with Crippen LogP contribution in [-0.2, 0) is 6.42 Å². The fourth-order valence-corrected chi connectivity index (χ4v) is 3.49. The molecule has 2 rings (SSSR count). The first kappa shape index (κ1) is 15.1. The molecule has 1 atom stereocenters. The number of carboxylic acids is 1. The number of anilines is 1. The Kier molecular flexibility index (Phi) is 4.83. The second-order valence-electron chi connectivity index (χ2n) is 4.76. The Morgan fingerprint density at radius 2 is 2.15 bits per heavy atom. The molecule has 0 aliphatic rings. The van der Waals surface area contributed by atoms with Gasteiger partial charge in [0.2, 0.25) is 0 Å². The summed E-state index contributed by atoms with van der Waals surface area (Å²) >= 11 is 5.22. The maximum absolute atomic E-state index is 10.9. The first-order valence-electron chi connectivity index (χ1n) is 6.30. The van der Waals surface area contributed by atoms with Gasteiger partial charge in [-0.2, -0.15) is 0 Å². The number of carbonyl (C=O) groups is 1. The summed E-state index contributed by atoms with van der Waals surface area (Å²) in [4.78, 5) is 13.6. The molecule has 0 aliphatic carbocycles. The van der Waals surface area contributed by atoms with Gasteiger partial charge in [0.05, 0.1) is 5.56 Å². The molecule has 0 aliphatic heterocycles. The smallest absolute Gasteiger partial charge is 0.335 e. The maximum Gasteiger partial charge on any atom is 0.335 e. The van der Waals surface area contributed by atoms with Crippen molar-refractivity contribution < 1.29 is 9.90 Å². The minimum atomic E-state index is -0.917. The average molecular weight is 354 g/mol. The highest BCUT2D eigenvalue weighted by Gasteiger charge is 2.10. The van der Waals surface area contributed by atoms with Gasteiger partial charge in [-0.15, -0.1) is 11.3 Å². The zero-order valence-electron chi connectivity index (χ0n) is 11.3. The van der Waals surface area contributed by atoms with E-state index in [0.717, 1.165) is 16.6 Å². The number of carboxylic acid groups (broad SMARTS) is 1. The third kappa shape index (κ3) is 3.84. The van der Waals surface area contributed by atoms with Gasteiger partial charge in [-0.05, 0) is 60.1 Å². The molecule has 106 valence electrons. The highest BCUT2D eigenvalue weighted by atomic mass is 79.9. The molecule has 0 saturated carbocycles. The van der Waals surface area contributed by atoms with Gasteiger partial charge in [-0.3, -0.25) is 0 Å². The van der Waals surface area contributed by atoms with Crippen molar-refractivity contribution in [2.75, 3.05) is 5.32 Å². The van der Waals surface area contributed by atoms with Gasteiger partial charge in [0.15, 0.2) is 0 Å². The van der Waals surface area contributed by atoms with Crippen molar-refractivity contribution in [1.82, 2.24) is 0 Å². The van der Waals surface area contributed by atoms with E-state index in [4.69, 9.17) is 5.11 Å². The zero-order valence-corrected chi connectivity index (χ0v) is 13.7. The molecule has 0 bridgehead atoms. The molecule has 5 heteroatoms. The first-order valence-corrected chi connectivity index (χ1v) is 7.91. The summed E-state index contributed by atoms with van der Waals surface area (Å²) in [6.07, 6.45) is 0.950. The average Bonchev–Trinajstić information content (AvgIpc) is 2.77. The van der Waals surface area contributed by atoms with Crippen molar-refractivity contribution >= 4 is 38.9 Å². The molecule has 3 nitrogen and oxygen atoms in total. The highest BCUT2D eigenvalue weighted by Crippen LogP contribution is 2.25. The third-order valence-electron chi connectivity index (χ3n) is 2.92. The molecular formula is C15H16BrNO2S. The van der Waals surface area contributed by atoms with Crippen LogP contribution in [0.2, 0.25) is 0 Å². The predicted octanol–water partition coefficient (Wildman–Crippen LogP) is 4.56. The second kappa shape index (κ2) is 6.41. The molecule has 2 aromatic rings. The van der Waals surface area contributed by atoms with E-state index in [1.807, 2.05) is 11.3 Å². The van der Waals surface area contributed by atoms with Crippen LogP contribution in [0.15, 0.2) is 34.8 Å². The van der Waals surface area contributed by atoms with E-state index in [-0.39, 0.29) is 11.6 Å². The van der Waals surface area contributed by atoms with Crippen molar-refractivity contribution in [2.24, 2.45) is 0 Å². The van der Waals surface area contributed by atoms with Crippen LogP contribution in [0.25, 0.3) is 0 Å². The summed E-state index contributed by atoms with van der Waals surface area (Å²) in [5.41, 5.74) is 1.19. The summed E-state index contributed by atoms with van der Waals surface area (Å²) in [5.74, 6) is -0.917. The Bertz CT molecular complexity index is 624. The molecule has 20 heavy (non-hydrogen) atoms. The number of nitrogens with one attached hydrogen (secondary N) is 1. The van der Waals surface area contributed by atoms with Crippen molar-refractivity contribution in [1.29, 1.82) is 0 Å². The lowest BCUT2D eigenvalue weighted by atomic mass is 10.1. The van der Waals surface area contributed by atoms with E-state index in [1.165, 1.54) is 9.75 Å². The van der Waals surface area contributed by atoms with Gasteiger partial charge >= 0.3 is 5.97 Å². The number of halogens is 1. The summed E-state index contributed by atoms with van der Waals surface area (Å²) in [5, 5.41) is 12.3. The lowest BCUT2D eigenvalue weighted by Crippen LogP contribution is -2.17. The molecule has 1 heterocycles. The zero-order chi connectivity index (χ0) is 14.7. The molecular weight excluding hydrogens is 338 g/mol. The number of aromatic carboxylic acids is 1. The first-order chi connectivity index (χ1) is 9.45. The molecule has 0 amide bonds. The topological polar surface area (TPSA) is 49.3 Å². The second-order valence-corrected chi connectivity index (χ2v) is 6.99. The lowest BCUT2D eigenvalue weighted by molar-refractivity contribution is 0.0697. The van der Waals surface area contributed by atoms with Crippen LogP contribution in [0.4, 0.5) is 5.69 Å². The van der Waals surface area contributed by atoms with E-state index in [0.29, 0.717) is 0 Å². The van der Waals surface area contributed by atoms with E-state index in [9.17, 15) is 4.79 Å². The van der Waals surface area contributed by atoms with Crippen molar-refractivity contribution in [3.63, 3.8) is 0 Å². The van der Waals surface area contributed by atoms with Crippen LogP contribution in [0, 0.1) is 6.92 Å². The van der Waals surface area contributed by atoms with E-state index in [1.54, 1.807) is 18.2 Å². The number of thiophene rings is 1. The third-order valence-corrected chi connectivity index (χ3v) is 4.60. The van der Waals surface area contributed by atoms with Crippen LogP contribution in [-0.4, -0.2) is 17.1 Å². The molecule has 2 N–H and O–H groups in total. The molecule has 0 fully saturated rings. The molecule has 1 unspecified atom stereocenters. The number of aryl methyl sites for hydroxylation is 1. The predicted molar refractivity (Wildman–Crippen MR) is 86.9 cm³/mol. The van der Waals surface area contributed by atoms with Crippen molar-refractivity contribution in [2.45, 2.75) is 26.3 Å². The van der Waals surface area contributed by atoms with Gasteiger partial charge in [-0.25, -0.2) is 4.79 Å². The largest absolute Gasteiger partial charge is 0.478 e. The SMILES string of the molecule is Cc1ccc(CC(C)Nc2ccc(C(=O)O)cc2Br)s1. The quantitative estimate of drug-likeness (QED) is 0.828. The number of benzene rings is 1. The Morgan fingerprint density at radius 3 is 2.70 bits per heavy atom. The number of rotatable bonds is 5. The number of hydrogen-bond donors (Lipinski definition) is 2. The van der Waals surface area contributed by atoms with Crippen LogP contribution in [0.1, 0.15) is 27.0 Å². The number of hydrogen-bond acceptors (Lipinski definition) is 3. The fourth-order valence-electron chi connectivity index (χ4n) is 1.98. The van der Waals surface area contributed by atoms with Gasteiger partial charge in [0.1, 0.15) is 0 Å². The molecule has 1 aromatic heterocycles.